The topological polar surface area (TPSA) is 108 Å². The summed E-state index contributed by atoms with van der Waals surface area (Å²) in [6.07, 6.45) is 0. The van der Waals surface area contributed by atoms with Crippen LogP contribution in [-0.4, -0.2) is 58.1 Å². The number of rotatable bonds is 6. The first-order valence-electron chi connectivity index (χ1n) is 9.68. The molecule has 0 radical (unpaired) electrons. The number of nitrogens with one attached hydrogen (secondary N) is 4. The van der Waals surface area contributed by atoms with Crippen LogP contribution in [0.2, 0.25) is 0 Å². The van der Waals surface area contributed by atoms with Gasteiger partial charge < -0.3 is 30.7 Å². The van der Waals surface area contributed by atoms with E-state index in [0.717, 1.165) is 49.0 Å². The Bertz CT molecular complexity index is 938. The monoisotopic (exact) mass is 408 g/mol. The molecule has 0 unspecified atom stereocenters. The van der Waals surface area contributed by atoms with Gasteiger partial charge in [-0.15, -0.1) is 0 Å². The molecule has 4 N–H and O–H groups in total. The lowest BCUT2D eigenvalue weighted by Gasteiger charge is -2.13. The minimum absolute atomic E-state index is 0.379. The predicted molar refractivity (Wildman–Crippen MR) is 117 cm³/mol. The van der Waals surface area contributed by atoms with Crippen LogP contribution in [0.1, 0.15) is 11.1 Å². The molecule has 2 aliphatic rings. The van der Waals surface area contributed by atoms with Crippen molar-refractivity contribution in [1.29, 1.82) is 0 Å². The lowest BCUT2D eigenvalue weighted by molar-refractivity contribution is 0.262. The molecule has 0 fully saturated rings. The number of amidine groups is 2. The van der Waals surface area contributed by atoms with E-state index in [2.05, 4.69) is 31.3 Å². The molecule has 156 valence electrons. The average molecular weight is 408 g/mol. The number of amides is 2. The highest BCUT2D eigenvalue weighted by Crippen LogP contribution is 2.24. The van der Waals surface area contributed by atoms with Crippen LogP contribution in [0.25, 0.3) is 0 Å². The van der Waals surface area contributed by atoms with Crippen molar-refractivity contribution in [3.05, 3.63) is 47.5 Å². The van der Waals surface area contributed by atoms with Crippen molar-refractivity contribution in [2.45, 2.75) is 0 Å². The van der Waals surface area contributed by atoms with Crippen molar-refractivity contribution in [3.8, 4) is 11.5 Å². The zero-order valence-electron chi connectivity index (χ0n) is 16.9. The van der Waals surface area contributed by atoms with E-state index < -0.39 is 0 Å². The summed E-state index contributed by atoms with van der Waals surface area (Å²) in [4.78, 5) is 21.5. The molecule has 9 heteroatoms. The van der Waals surface area contributed by atoms with Gasteiger partial charge in [0.15, 0.2) is 0 Å². The standard InChI is InChI=1S/C21H24N6O3/c1-29-17-9-13(19-22-3-4-23-19)7-15(11-17)26-21(28)27-16-8-14(10-18(12-16)30-2)20-24-5-6-25-20/h7-12H,3-6H2,1-2H3,(H,22,23)(H,24,25)(H2,26,27,28). The molecule has 0 saturated heterocycles. The van der Waals surface area contributed by atoms with E-state index in [1.165, 1.54) is 0 Å². The summed E-state index contributed by atoms with van der Waals surface area (Å²) in [6.45, 7) is 3.06. The summed E-state index contributed by atoms with van der Waals surface area (Å²) in [6, 6.07) is 10.6. The second-order valence-electron chi connectivity index (χ2n) is 6.79. The van der Waals surface area contributed by atoms with Crippen LogP contribution in [0, 0.1) is 0 Å². The van der Waals surface area contributed by atoms with Gasteiger partial charge in [0, 0.05) is 47.7 Å². The fraction of sp³-hybridized carbons (Fsp3) is 0.286. The van der Waals surface area contributed by atoms with Crippen molar-refractivity contribution in [2.75, 3.05) is 51.0 Å². The largest absolute Gasteiger partial charge is 0.497 e. The van der Waals surface area contributed by atoms with Crippen molar-refractivity contribution < 1.29 is 14.3 Å². The van der Waals surface area contributed by atoms with Crippen molar-refractivity contribution >= 4 is 29.1 Å². The average Bonchev–Trinajstić information content (AvgIpc) is 3.47. The molecule has 2 amide bonds. The number of nitrogens with zero attached hydrogens (tertiary/aromatic N) is 2. The van der Waals surface area contributed by atoms with Gasteiger partial charge in [-0.3, -0.25) is 9.98 Å². The molecule has 0 spiro atoms. The maximum absolute atomic E-state index is 12.7. The predicted octanol–water partition coefficient (Wildman–Crippen LogP) is 2.05. The van der Waals surface area contributed by atoms with Crippen molar-refractivity contribution in [1.82, 2.24) is 10.6 Å². The summed E-state index contributed by atoms with van der Waals surface area (Å²) in [7, 11) is 3.18. The Kier molecular flexibility index (Phi) is 5.69. The number of carbonyl (C=O) groups is 1. The Morgan fingerprint density at radius 2 is 1.27 bits per heavy atom. The molecule has 0 atom stereocenters. The van der Waals surface area contributed by atoms with Gasteiger partial charge in [0.05, 0.1) is 27.3 Å². The number of carbonyl (C=O) groups excluding carboxylic acids is 1. The summed E-state index contributed by atoms with van der Waals surface area (Å²) in [5, 5.41) is 12.2. The zero-order chi connectivity index (χ0) is 20.9. The highest BCUT2D eigenvalue weighted by Gasteiger charge is 2.14. The van der Waals surface area contributed by atoms with Gasteiger partial charge in [-0.05, 0) is 24.3 Å². The SMILES string of the molecule is COc1cc(NC(=O)Nc2cc(OC)cc(C3=NCCN3)c2)cc(C2=NCCN2)c1. The van der Waals surface area contributed by atoms with Crippen LogP contribution in [-0.2, 0) is 0 Å². The Morgan fingerprint density at radius 1 is 0.800 bits per heavy atom. The summed E-state index contributed by atoms with van der Waals surface area (Å²) in [5.74, 6) is 2.85. The van der Waals surface area contributed by atoms with Crippen LogP contribution in [0.5, 0.6) is 11.5 Å². The molecule has 4 rings (SSSR count). The van der Waals surface area contributed by atoms with Crippen LogP contribution in [0.4, 0.5) is 16.2 Å². The third kappa shape index (κ3) is 4.45. The third-order valence-corrected chi connectivity index (χ3v) is 4.70. The van der Waals surface area contributed by atoms with E-state index in [0.29, 0.717) is 22.9 Å². The Labute approximate surface area is 174 Å². The minimum atomic E-state index is -0.379. The van der Waals surface area contributed by atoms with Crippen molar-refractivity contribution in [3.63, 3.8) is 0 Å². The number of benzene rings is 2. The molecule has 2 aliphatic heterocycles. The van der Waals surface area contributed by atoms with E-state index in [9.17, 15) is 4.79 Å². The number of aliphatic imine (C=N–C) groups is 2. The maximum atomic E-state index is 12.7. The number of methoxy groups -OCH3 is 2. The minimum Gasteiger partial charge on any atom is -0.497 e. The van der Waals surface area contributed by atoms with Crippen LogP contribution in [0.3, 0.4) is 0 Å². The molecule has 0 aromatic heterocycles. The Hall–Kier alpha value is -3.75. The zero-order valence-corrected chi connectivity index (χ0v) is 16.9. The summed E-state index contributed by atoms with van der Waals surface area (Å²) < 4.78 is 10.7. The first-order valence-corrected chi connectivity index (χ1v) is 9.68. The van der Waals surface area contributed by atoms with E-state index in [1.54, 1.807) is 26.4 Å². The van der Waals surface area contributed by atoms with Gasteiger partial charge in [0.2, 0.25) is 0 Å². The molecule has 0 saturated carbocycles. The molecule has 9 nitrogen and oxygen atoms in total. The first-order chi connectivity index (χ1) is 14.6. The van der Waals surface area contributed by atoms with Gasteiger partial charge >= 0.3 is 6.03 Å². The highest BCUT2D eigenvalue weighted by atomic mass is 16.5. The molecule has 0 bridgehead atoms. The molecule has 0 aliphatic carbocycles. The summed E-state index contributed by atoms with van der Waals surface area (Å²) in [5.41, 5.74) is 2.92. The van der Waals surface area contributed by atoms with Crippen LogP contribution in [0.15, 0.2) is 46.4 Å². The number of hydrogen-bond donors (Lipinski definition) is 4. The number of urea groups is 1. The highest BCUT2D eigenvalue weighted by molar-refractivity contribution is 6.05. The molecule has 2 heterocycles. The van der Waals surface area contributed by atoms with E-state index >= 15 is 0 Å². The van der Waals surface area contributed by atoms with E-state index in [1.807, 2.05) is 24.3 Å². The fourth-order valence-corrected chi connectivity index (χ4v) is 3.33. The Balaban J connectivity index is 1.52. The van der Waals surface area contributed by atoms with Gasteiger partial charge in [-0.25, -0.2) is 4.79 Å². The third-order valence-electron chi connectivity index (χ3n) is 4.70. The molecular formula is C21H24N6O3. The van der Waals surface area contributed by atoms with Gasteiger partial charge in [0.25, 0.3) is 0 Å². The van der Waals surface area contributed by atoms with Gasteiger partial charge in [-0.2, -0.15) is 0 Å². The number of hydrogen-bond acceptors (Lipinski definition) is 7. The lowest BCUT2D eigenvalue weighted by Crippen LogP contribution is -2.22. The van der Waals surface area contributed by atoms with Gasteiger partial charge in [-0.1, -0.05) is 0 Å². The summed E-state index contributed by atoms with van der Waals surface area (Å²) >= 11 is 0. The van der Waals surface area contributed by atoms with E-state index in [-0.39, 0.29) is 6.03 Å². The molecule has 30 heavy (non-hydrogen) atoms. The van der Waals surface area contributed by atoms with E-state index in [4.69, 9.17) is 9.47 Å². The number of anilines is 2. The fourth-order valence-electron chi connectivity index (χ4n) is 3.33. The van der Waals surface area contributed by atoms with Crippen molar-refractivity contribution in [2.24, 2.45) is 9.98 Å². The van der Waals surface area contributed by atoms with Gasteiger partial charge in [0.1, 0.15) is 23.2 Å². The lowest BCUT2D eigenvalue weighted by atomic mass is 10.1. The molecular weight excluding hydrogens is 384 g/mol. The maximum Gasteiger partial charge on any atom is 0.323 e. The Morgan fingerprint density at radius 3 is 1.63 bits per heavy atom. The number of ether oxygens (including phenoxy) is 2. The second kappa shape index (κ2) is 8.73. The quantitative estimate of drug-likeness (QED) is 0.585. The first kappa shape index (κ1) is 19.6. The smallest absolute Gasteiger partial charge is 0.323 e. The molecule has 2 aromatic carbocycles. The second-order valence-corrected chi connectivity index (χ2v) is 6.79. The van der Waals surface area contributed by atoms with Crippen LogP contribution >= 0.6 is 0 Å². The molecule has 2 aromatic rings. The normalized spacial score (nSPS) is 14.9. The van der Waals surface area contributed by atoms with Crippen LogP contribution < -0.4 is 30.7 Å².